The number of thiazole rings is 1. The van der Waals surface area contributed by atoms with Crippen LogP contribution in [0.2, 0.25) is 0 Å². The molecule has 3 rings (SSSR count). The van der Waals surface area contributed by atoms with Crippen LogP contribution >= 0.6 is 11.3 Å². The highest BCUT2D eigenvalue weighted by Crippen LogP contribution is 2.34. The van der Waals surface area contributed by atoms with E-state index in [0.29, 0.717) is 28.6 Å². The normalized spacial score (nSPS) is 11.4. The molecule has 3 aromatic heterocycles. The molecule has 0 saturated heterocycles. The van der Waals surface area contributed by atoms with E-state index in [-0.39, 0.29) is 0 Å². The first kappa shape index (κ1) is 9.41. The highest BCUT2D eigenvalue weighted by molar-refractivity contribution is 7.13. The molecular weight excluding hydrogens is 226 g/mol. The fourth-order valence-corrected chi connectivity index (χ4v) is 2.24. The van der Waals surface area contributed by atoms with Crippen molar-refractivity contribution >= 4 is 28.3 Å². The van der Waals surface area contributed by atoms with Crippen molar-refractivity contribution in [3.8, 4) is 10.8 Å². The average Bonchev–Trinajstić information content (AvgIpc) is 2.87. The number of nitrogens with two attached hydrogens (primary N) is 1. The average molecular weight is 235 g/mol. The molecule has 5 nitrogen and oxygen atoms in total. The minimum absolute atomic E-state index is 0.442. The lowest BCUT2D eigenvalue weighted by atomic mass is 10.4. The molecule has 82 valence electrons. The Bertz CT molecular complexity index is 665. The molecule has 0 aliphatic rings. The number of nitrogens with zero attached hydrogens (tertiary/aromatic N) is 2. The maximum Gasteiger partial charge on any atom is 0.268 e. The van der Waals surface area contributed by atoms with E-state index < -0.39 is 0 Å². The van der Waals surface area contributed by atoms with Crippen molar-refractivity contribution in [1.82, 2.24) is 9.97 Å². The summed E-state index contributed by atoms with van der Waals surface area (Å²) in [5.41, 5.74) is 9.92. The Balaban J connectivity index is 2.24. The highest BCUT2D eigenvalue weighted by atomic mass is 32.1. The van der Waals surface area contributed by atoms with Crippen LogP contribution in [0.25, 0.3) is 22.1 Å². The first-order valence-corrected chi connectivity index (χ1v) is 5.60. The second kappa shape index (κ2) is 3.08. The molecule has 3 aromatic rings. The van der Waals surface area contributed by atoms with Crippen molar-refractivity contribution in [2.24, 2.45) is 0 Å². The zero-order valence-electron chi connectivity index (χ0n) is 8.77. The molecule has 16 heavy (non-hydrogen) atoms. The van der Waals surface area contributed by atoms with E-state index in [2.05, 4.69) is 9.97 Å². The summed E-state index contributed by atoms with van der Waals surface area (Å²) < 4.78 is 11.0. The van der Waals surface area contributed by atoms with Gasteiger partial charge >= 0.3 is 0 Å². The van der Waals surface area contributed by atoms with Crippen LogP contribution < -0.4 is 5.73 Å². The first-order valence-electron chi connectivity index (χ1n) is 4.72. The lowest BCUT2D eigenvalue weighted by molar-refractivity contribution is 0.570. The van der Waals surface area contributed by atoms with Gasteiger partial charge < -0.3 is 14.6 Å². The van der Waals surface area contributed by atoms with Crippen LogP contribution in [0.5, 0.6) is 0 Å². The van der Waals surface area contributed by atoms with Gasteiger partial charge in [0.1, 0.15) is 16.3 Å². The molecule has 0 aliphatic carbocycles. The number of anilines is 1. The minimum atomic E-state index is 0.442. The quantitative estimate of drug-likeness (QED) is 0.701. The molecule has 0 aromatic carbocycles. The van der Waals surface area contributed by atoms with Crippen LogP contribution in [0.15, 0.2) is 14.3 Å². The van der Waals surface area contributed by atoms with Gasteiger partial charge in [-0.15, -0.1) is 11.3 Å². The standard InChI is InChI=1S/C10H9N3O2S/c1-4-8(16-3-12-4)10-13-9-7(15-10)6(11)5(2)14-9/h3H,11H2,1-2H3. The van der Waals surface area contributed by atoms with Crippen LogP contribution in [0.1, 0.15) is 11.5 Å². The number of fused-ring (bicyclic) bond motifs is 1. The number of rotatable bonds is 1. The van der Waals surface area contributed by atoms with Gasteiger partial charge in [0.2, 0.25) is 11.5 Å². The van der Waals surface area contributed by atoms with Gasteiger partial charge in [0.05, 0.1) is 11.2 Å². The number of aryl methyl sites for hydroxylation is 2. The molecule has 0 saturated carbocycles. The van der Waals surface area contributed by atoms with Gasteiger partial charge in [-0.3, -0.25) is 0 Å². The highest BCUT2D eigenvalue weighted by Gasteiger charge is 2.18. The molecule has 6 heteroatoms. The van der Waals surface area contributed by atoms with Crippen molar-refractivity contribution in [1.29, 1.82) is 0 Å². The summed E-state index contributed by atoms with van der Waals surface area (Å²) in [6.07, 6.45) is 0. The molecule has 3 heterocycles. The van der Waals surface area contributed by atoms with Gasteiger partial charge in [-0.25, -0.2) is 4.98 Å². The number of hydrogen-bond donors (Lipinski definition) is 1. The lowest BCUT2D eigenvalue weighted by Crippen LogP contribution is -1.83. The molecule has 2 N–H and O–H groups in total. The topological polar surface area (TPSA) is 78.1 Å². The molecule has 0 spiro atoms. The zero-order valence-corrected chi connectivity index (χ0v) is 9.59. The Morgan fingerprint density at radius 3 is 2.75 bits per heavy atom. The summed E-state index contributed by atoms with van der Waals surface area (Å²) in [7, 11) is 0. The van der Waals surface area contributed by atoms with Gasteiger partial charge in [0, 0.05) is 0 Å². The molecule has 0 bridgehead atoms. The van der Waals surface area contributed by atoms with Crippen LogP contribution in [0.3, 0.4) is 0 Å². The van der Waals surface area contributed by atoms with Crippen molar-refractivity contribution in [2.45, 2.75) is 13.8 Å². The number of hydrogen-bond acceptors (Lipinski definition) is 6. The third-order valence-electron chi connectivity index (χ3n) is 2.41. The van der Waals surface area contributed by atoms with Crippen molar-refractivity contribution in [2.75, 3.05) is 5.73 Å². The summed E-state index contributed by atoms with van der Waals surface area (Å²) in [5, 5.41) is 0. The van der Waals surface area contributed by atoms with Crippen molar-refractivity contribution in [3.63, 3.8) is 0 Å². The van der Waals surface area contributed by atoms with E-state index >= 15 is 0 Å². The minimum Gasteiger partial charge on any atom is -0.438 e. The van der Waals surface area contributed by atoms with Gasteiger partial charge in [-0.05, 0) is 13.8 Å². The van der Waals surface area contributed by atoms with Crippen molar-refractivity contribution in [3.05, 3.63) is 17.0 Å². The van der Waals surface area contributed by atoms with Gasteiger partial charge in [-0.1, -0.05) is 0 Å². The molecule has 0 atom stereocenters. The van der Waals surface area contributed by atoms with E-state index in [0.717, 1.165) is 10.6 Å². The van der Waals surface area contributed by atoms with Crippen molar-refractivity contribution < 1.29 is 8.83 Å². The van der Waals surface area contributed by atoms with Crippen LogP contribution in [-0.2, 0) is 0 Å². The fourth-order valence-electron chi connectivity index (χ4n) is 1.51. The predicted octanol–water partition coefficient (Wildman–Crippen LogP) is 2.74. The summed E-state index contributed by atoms with van der Waals surface area (Å²) in [5.74, 6) is 1.15. The van der Waals surface area contributed by atoms with Crippen LogP contribution in [0, 0.1) is 13.8 Å². The molecule has 0 fully saturated rings. The molecule has 0 radical (unpaired) electrons. The fraction of sp³-hybridized carbons (Fsp3) is 0.200. The Hall–Kier alpha value is -1.82. The smallest absolute Gasteiger partial charge is 0.268 e. The number of nitrogen functional groups attached to an aromatic ring is 1. The van der Waals surface area contributed by atoms with E-state index in [1.54, 1.807) is 12.4 Å². The lowest BCUT2D eigenvalue weighted by Gasteiger charge is -1.90. The Labute approximate surface area is 94.9 Å². The number of aromatic nitrogens is 2. The van der Waals surface area contributed by atoms with Crippen LogP contribution in [0.4, 0.5) is 5.69 Å². The molecule has 0 amide bonds. The van der Waals surface area contributed by atoms with Gasteiger partial charge in [0.25, 0.3) is 5.71 Å². The monoisotopic (exact) mass is 235 g/mol. The van der Waals surface area contributed by atoms with Crippen LogP contribution in [-0.4, -0.2) is 9.97 Å². The third kappa shape index (κ3) is 1.16. The predicted molar refractivity (Wildman–Crippen MR) is 61.3 cm³/mol. The molecule has 0 unspecified atom stereocenters. The van der Waals surface area contributed by atoms with E-state index in [4.69, 9.17) is 14.6 Å². The second-order valence-electron chi connectivity index (χ2n) is 3.49. The first-order chi connectivity index (χ1) is 7.66. The maximum atomic E-state index is 5.80. The number of furan rings is 1. The SMILES string of the molecule is Cc1ncsc1-c1nc2oc(C)c(N)c2o1. The second-order valence-corrected chi connectivity index (χ2v) is 4.35. The Kier molecular flexibility index (Phi) is 1.81. The third-order valence-corrected chi connectivity index (χ3v) is 3.33. The Morgan fingerprint density at radius 2 is 2.12 bits per heavy atom. The number of oxazole rings is 1. The summed E-state index contributed by atoms with van der Waals surface area (Å²) in [6, 6.07) is 0. The maximum absolute atomic E-state index is 5.80. The molecule has 0 aliphatic heterocycles. The summed E-state index contributed by atoms with van der Waals surface area (Å²) >= 11 is 1.48. The largest absolute Gasteiger partial charge is 0.438 e. The zero-order chi connectivity index (χ0) is 11.3. The Morgan fingerprint density at radius 1 is 1.31 bits per heavy atom. The summed E-state index contributed by atoms with van der Waals surface area (Å²) in [6.45, 7) is 3.69. The van der Waals surface area contributed by atoms with E-state index in [1.807, 2.05) is 6.92 Å². The molecular formula is C10H9N3O2S. The van der Waals surface area contributed by atoms with Gasteiger partial charge in [0.15, 0.2) is 0 Å². The van der Waals surface area contributed by atoms with E-state index in [1.165, 1.54) is 11.3 Å². The summed E-state index contributed by atoms with van der Waals surface area (Å²) in [4.78, 5) is 9.30. The van der Waals surface area contributed by atoms with Gasteiger partial charge in [-0.2, -0.15) is 4.98 Å². The van der Waals surface area contributed by atoms with E-state index in [9.17, 15) is 0 Å².